The maximum Gasteiger partial charge on any atom is 0.491 e. The second-order valence-corrected chi connectivity index (χ2v) is 6.52. The first-order valence-electron chi connectivity index (χ1n) is 7.92. The normalized spacial score (nSPS) is 10.9. The van der Waals surface area contributed by atoms with Gasteiger partial charge in [0.05, 0.1) is 16.7 Å². The van der Waals surface area contributed by atoms with E-state index in [0.29, 0.717) is 6.54 Å². The van der Waals surface area contributed by atoms with Gasteiger partial charge < -0.3 is 15.0 Å². The van der Waals surface area contributed by atoms with E-state index >= 15 is 0 Å². The Morgan fingerprint density at radius 1 is 1.30 bits per heavy atom. The van der Waals surface area contributed by atoms with Crippen molar-refractivity contribution in [2.75, 3.05) is 7.05 Å². The SMILES string of the molecule is CCn1cc(Br)c(CN(C)C(=O)c2ccn(Cn3cnc([N+](=O)[O-])n3)n2)n1. The molecule has 0 N–H and O–H groups in total. The number of carbonyl (C=O) groups excluding carboxylic acids is 1. The molecule has 0 radical (unpaired) electrons. The third kappa shape index (κ3) is 4.19. The van der Waals surface area contributed by atoms with Crippen molar-refractivity contribution in [3.63, 3.8) is 0 Å². The van der Waals surface area contributed by atoms with E-state index in [1.54, 1.807) is 24.0 Å². The van der Waals surface area contributed by atoms with E-state index < -0.39 is 10.9 Å². The van der Waals surface area contributed by atoms with Crippen molar-refractivity contribution in [2.45, 2.75) is 26.7 Å². The summed E-state index contributed by atoms with van der Waals surface area (Å²) in [5, 5.41) is 22.9. The molecule has 12 nitrogen and oxygen atoms in total. The van der Waals surface area contributed by atoms with Crippen molar-refractivity contribution in [3.8, 4) is 0 Å². The molecule has 3 rings (SSSR count). The van der Waals surface area contributed by atoms with E-state index in [2.05, 4.69) is 36.2 Å². The lowest BCUT2D eigenvalue weighted by atomic mass is 10.3. The molecule has 0 aromatic carbocycles. The van der Waals surface area contributed by atoms with Gasteiger partial charge in [-0.1, -0.05) is 4.98 Å². The highest BCUT2D eigenvalue weighted by atomic mass is 79.9. The summed E-state index contributed by atoms with van der Waals surface area (Å²) in [7, 11) is 1.67. The van der Waals surface area contributed by atoms with Gasteiger partial charge in [0, 0.05) is 31.1 Å². The van der Waals surface area contributed by atoms with Gasteiger partial charge in [-0.2, -0.15) is 14.9 Å². The molecule has 27 heavy (non-hydrogen) atoms. The first-order valence-corrected chi connectivity index (χ1v) is 8.71. The van der Waals surface area contributed by atoms with Crippen LogP contribution in [0.5, 0.6) is 0 Å². The molecule has 0 aliphatic heterocycles. The molecule has 142 valence electrons. The predicted octanol–water partition coefficient (Wildman–Crippen LogP) is 1.14. The van der Waals surface area contributed by atoms with Crippen LogP contribution in [0, 0.1) is 10.1 Å². The van der Waals surface area contributed by atoms with Crippen LogP contribution < -0.4 is 0 Å². The van der Waals surface area contributed by atoms with Gasteiger partial charge in [-0.15, -0.1) is 0 Å². The number of amides is 1. The van der Waals surface area contributed by atoms with E-state index in [1.807, 2.05) is 13.1 Å². The van der Waals surface area contributed by atoms with Crippen LogP contribution >= 0.6 is 15.9 Å². The third-order valence-corrected chi connectivity index (χ3v) is 4.34. The van der Waals surface area contributed by atoms with Crippen molar-refractivity contribution < 1.29 is 9.72 Å². The first-order chi connectivity index (χ1) is 12.9. The van der Waals surface area contributed by atoms with Crippen LogP contribution in [0.2, 0.25) is 0 Å². The van der Waals surface area contributed by atoms with E-state index in [9.17, 15) is 14.9 Å². The molecule has 0 saturated heterocycles. The third-order valence-electron chi connectivity index (χ3n) is 3.68. The lowest BCUT2D eigenvalue weighted by molar-refractivity contribution is -0.394. The average Bonchev–Trinajstić information content (AvgIpc) is 3.35. The van der Waals surface area contributed by atoms with Crippen molar-refractivity contribution >= 4 is 27.8 Å². The van der Waals surface area contributed by atoms with Gasteiger partial charge in [-0.3, -0.25) is 9.48 Å². The fraction of sp³-hybridized carbons (Fsp3) is 0.357. The zero-order valence-corrected chi connectivity index (χ0v) is 16.1. The molecule has 1 amide bonds. The Morgan fingerprint density at radius 3 is 2.70 bits per heavy atom. The highest BCUT2D eigenvalue weighted by Gasteiger charge is 2.19. The monoisotopic (exact) mass is 437 g/mol. The molecule has 0 bridgehead atoms. The zero-order chi connectivity index (χ0) is 19.6. The zero-order valence-electron chi connectivity index (χ0n) is 14.6. The Hall–Kier alpha value is -3.09. The summed E-state index contributed by atoms with van der Waals surface area (Å²) >= 11 is 3.44. The molecule has 13 heteroatoms. The molecule has 0 fully saturated rings. The quantitative estimate of drug-likeness (QED) is 0.399. The van der Waals surface area contributed by atoms with Crippen molar-refractivity contribution in [2.24, 2.45) is 0 Å². The molecule has 0 saturated carbocycles. The van der Waals surface area contributed by atoms with Gasteiger partial charge in [-0.25, -0.2) is 4.68 Å². The van der Waals surface area contributed by atoms with Gasteiger partial charge in [0.25, 0.3) is 5.91 Å². The second kappa shape index (κ2) is 7.65. The molecular weight excluding hydrogens is 422 g/mol. The van der Waals surface area contributed by atoms with Crippen molar-refractivity contribution in [1.82, 2.24) is 39.2 Å². The highest BCUT2D eigenvalue weighted by molar-refractivity contribution is 9.10. The Balaban J connectivity index is 1.66. The molecule has 3 aromatic rings. The Labute approximate surface area is 161 Å². The molecular formula is C14H16BrN9O3. The molecule has 0 atom stereocenters. The Bertz CT molecular complexity index is 976. The molecule has 0 spiro atoms. The topological polar surface area (TPSA) is 130 Å². The van der Waals surface area contributed by atoms with Crippen LogP contribution in [0.3, 0.4) is 0 Å². The molecule has 3 aromatic heterocycles. The van der Waals surface area contributed by atoms with E-state index in [4.69, 9.17) is 0 Å². The number of nitrogens with zero attached hydrogens (tertiary/aromatic N) is 9. The van der Waals surface area contributed by atoms with Crippen LogP contribution in [0.25, 0.3) is 0 Å². The van der Waals surface area contributed by atoms with E-state index in [-0.39, 0.29) is 18.3 Å². The minimum atomic E-state index is -0.679. The first kappa shape index (κ1) is 18.7. The smallest absolute Gasteiger partial charge is 0.390 e. The van der Waals surface area contributed by atoms with Crippen molar-refractivity contribution in [3.05, 3.63) is 50.8 Å². The van der Waals surface area contributed by atoms with Gasteiger partial charge >= 0.3 is 5.95 Å². The number of aryl methyl sites for hydroxylation is 1. The van der Waals surface area contributed by atoms with Crippen LogP contribution in [-0.4, -0.2) is 57.1 Å². The Kier molecular flexibility index (Phi) is 5.30. The fourth-order valence-corrected chi connectivity index (χ4v) is 2.78. The lowest BCUT2D eigenvalue weighted by Crippen LogP contribution is -2.27. The highest BCUT2D eigenvalue weighted by Crippen LogP contribution is 2.17. The number of nitro groups is 1. The van der Waals surface area contributed by atoms with Crippen LogP contribution in [-0.2, 0) is 19.8 Å². The van der Waals surface area contributed by atoms with E-state index in [1.165, 1.54) is 20.6 Å². The minimum Gasteiger partial charge on any atom is -0.390 e. The number of aromatic nitrogens is 7. The molecule has 0 unspecified atom stereocenters. The summed E-state index contributed by atoms with van der Waals surface area (Å²) in [5.74, 6) is -0.758. The second-order valence-electron chi connectivity index (χ2n) is 5.66. The summed E-state index contributed by atoms with van der Waals surface area (Å²) in [6.45, 7) is 3.15. The standard InChI is InChI=1S/C14H16BrN9O3/c1-3-21-6-10(15)12(18-21)7-20(2)13(25)11-4-5-22(17-11)9-23-8-16-14(19-23)24(26)27/h4-6,8H,3,7,9H2,1-2H3. The van der Waals surface area contributed by atoms with Gasteiger partial charge in [0.15, 0.2) is 6.67 Å². The lowest BCUT2D eigenvalue weighted by Gasteiger charge is -2.14. The number of halogens is 1. The van der Waals surface area contributed by atoms with Gasteiger partial charge in [0.1, 0.15) is 5.69 Å². The summed E-state index contributed by atoms with van der Waals surface area (Å²) in [6.07, 6.45) is 4.69. The summed E-state index contributed by atoms with van der Waals surface area (Å²) in [4.78, 5) is 27.6. The molecule has 3 heterocycles. The predicted molar refractivity (Wildman–Crippen MR) is 95.7 cm³/mol. The Morgan fingerprint density at radius 2 is 2.07 bits per heavy atom. The fourth-order valence-electron chi connectivity index (χ4n) is 2.34. The van der Waals surface area contributed by atoms with Gasteiger partial charge in [0.2, 0.25) is 6.33 Å². The average molecular weight is 438 g/mol. The van der Waals surface area contributed by atoms with Gasteiger partial charge in [-0.05, 0) is 33.8 Å². The number of carbonyl (C=O) groups is 1. The summed E-state index contributed by atoms with van der Waals surface area (Å²) < 4.78 is 5.32. The summed E-state index contributed by atoms with van der Waals surface area (Å²) in [6, 6.07) is 1.57. The van der Waals surface area contributed by atoms with Crippen LogP contribution in [0.4, 0.5) is 5.95 Å². The van der Waals surface area contributed by atoms with Crippen LogP contribution in [0.1, 0.15) is 23.1 Å². The van der Waals surface area contributed by atoms with Crippen molar-refractivity contribution in [1.29, 1.82) is 0 Å². The summed E-state index contributed by atoms with van der Waals surface area (Å²) in [5.41, 5.74) is 1.00. The van der Waals surface area contributed by atoms with E-state index in [0.717, 1.165) is 16.7 Å². The van der Waals surface area contributed by atoms with Crippen LogP contribution in [0.15, 0.2) is 29.3 Å². The maximum absolute atomic E-state index is 12.6. The molecule has 0 aliphatic rings. The number of rotatable bonds is 7. The molecule has 0 aliphatic carbocycles. The minimum absolute atomic E-state index is 0.101. The number of hydrogen-bond donors (Lipinski definition) is 0. The largest absolute Gasteiger partial charge is 0.491 e. The number of hydrogen-bond acceptors (Lipinski definition) is 7. The maximum atomic E-state index is 12.6.